The van der Waals surface area contributed by atoms with Crippen molar-refractivity contribution in [2.75, 3.05) is 19.6 Å². The summed E-state index contributed by atoms with van der Waals surface area (Å²) in [5, 5.41) is 7.78. The number of halogens is 1. The lowest BCUT2D eigenvalue weighted by atomic mass is 10.1. The van der Waals surface area contributed by atoms with Crippen LogP contribution in [-0.4, -0.2) is 42.4 Å². The Bertz CT molecular complexity index is 732. The maximum Gasteiger partial charge on any atom is 0.234 e. The van der Waals surface area contributed by atoms with Gasteiger partial charge in [-0.25, -0.2) is 4.39 Å². The predicted molar refractivity (Wildman–Crippen MR) is 106 cm³/mol. The monoisotopic (exact) mass is 391 g/mol. The molecule has 7 heteroatoms. The molecule has 2 rings (SSSR count). The zero-order chi connectivity index (χ0) is 19.8. The lowest BCUT2D eigenvalue weighted by Gasteiger charge is -2.23. The zero-order valence-corrected chi connectivity index (χ0v) is 16.7. The average molecular weight is 392 g/mol. The molecule has 0 fully saturated rings. The summed E-state index contributed by atoms with van der Waals surface area (Å²) in [4.78, 5) is 27.3. The molecule has 0 unspecified atom stereocenters. The molecule has 27 heavy (non-hydrogen) atoms. The molecular weight excluding hydrogens is 365 g/mol. The van der Waals surface area contributed by atoms with Gasteiger partial charge in [0.15, 0.2) is 0 Å². The smallest absolute Gasteiger partial charge is 0.234 e. The van der Waals surface area contributed by atoms with Crippen LogP contribution in [0, 0.1) is 5.82 Å². The zero-order valence-electron chi connectivity index (χ0n) is 15.9. The minimum absolute atomic E-state index is 0.0618. The highest BCUT2D eigenvalue weighted by Gasteiger charge is 2.20. The Kier molecular flexibility index (Phi) is 7.94. The Morgan fingerprint density at radius 1 is 1.07 bits per heavy atom. The van der Waals surface area contributed by atoms with Crippen molar-refractivity contribution in [2.45, 2.75) is 32.9 Å². The van der Waals surface area contributed by atoms with Crippen LogP contribution in [0.15, 0.2) is 41.8 Å². The van der Waals surface area contributed by atoms with Crippen molar-refractivity contribution in [3.8, 4) is 0 Å². The lowest BCUT2D eigenvalue weighted by Crippen LogP contribution is -2.44. The van der Waals surface area contributed by atoms with Crippen LogP contribution in [0.4, 0.5) is 4.39 Å². The van der Waals surface area contributed by atoms with Crippen LogP contribution < -0.4 is 10.6 Å². The quantitative estimate of drug-likeness (QED) is 0.691. The highest BCUT2D eigenvalue weighted by atomic mass is 32.1. The van der Waals surface area contributed by atoms with Crippen molar-refractivity contribution in [2.24, 2.45) is 0 Å². The fourth-order valence-electron chi connectivity index (χ4n) is 2.69. The minimum atomic E-state index is -0.346. The molecule has 0 aliphatic heterocycles. The number of rotatable bonds is 9. The molecule has 0 aliphatic rings. The van der Waals surface area contributed by atoms with Crippen molar-refractivity contribution in [3.63, 3.8) is 0 Å². The van der Waals surface area contributed by atoms with E-state index in [0.29, 0.717) is 6.54 Å². The van der Waals surface area contributed by atoms with Crippen molar-refractivity contribution >= 4 is 23.2 Å². The van der Waals surface area contributed by atoms with Crippen LogP contribution in [0.1, 0.15) is 37.3 Å². The van der Waals surface area contributed by atoms with Crippen molar-refractivity contribution in [1.82, 2.24) is 15.5 Å². The van der Waals surface area contributed by atoms with Crippen LogP contribution >= 0.6 is 11.3 Å². The molecule has 1 heterocycles. The summed E-state index contributed by atoms with van der Waals surface area (Å²) in [6.45, 7) is 6.57. The number of amides is 2. The molecule has 1 aromatic carbocycles. The molecule has 2 N–H and O–H groups in total. The first kappa shape index (κ1) is 21.1. The van der Waals surface area contributed by atoms with E-state index in [9.17, 15) is 14.0 Å². The molecule has 0 radical (unpaired) electrons. The van der Waals surface area contributed by atoms with Crippen LogP contribution in [0.2, 0.25) is 0 Å². The second-order valence-corrected chi connectivity index (χ2v) is 7.57. The van der Waals surface area contributed by atoms with Gasteiger partial charge in [-0.15, -0.1) is 11.3 Å². The van der Waals surface area contributed by atoms with Gasteiger partial charge in [-0.2, -0.15) is 0 Å². The number of nitrogens with one attached hydrogen (secondary N) is 2. The van der Waals surface area contributed by atoms with Crippen LogP contribution in [0.5, 0.6) is 0 Å². The fraction of sp³-hybridized carbons (Fsp3) is 0.400. The topological polar surface area (TPSA) is 61.4 Å². The van der Waals surface area contributed by atoms with Gasteiger partial charge in [0.2, 0.25) is 11.8 Å². The molecule has 5 nitrogen and oxygen atoms in total. The first-order chi connectivity index (χ1) is 12.9. The van der Waals surface area contributed by atoms with E-state index >= 15 is 0 Å². The lowest BCUT2D eigenvalue weighted by molar-refractivity contribution is -0.125. The van der Waals surface area contributed by atoms with E-state index in [-0.39, 0.29) is 42.8 Å². The number of likely N-dealkylation sites (N-methyl/N-ethyl adjacent to an activating group) is 1. The van der Waals surface area contributed by atoms with Crippen LogP contribution in [-0.2, 0) is 9.59 Å². The third kappa shape index (κ3) is 6.77. The molecule has 0 aliphatic carbocycles. The van der Waals surface area contributed by atoms with Gasteiger partial charge >= 0.3 is 0 Å². The third-order valence-electron chi connectivity index (χ3n) is 3.97. The highest BCUT2D eigenvalue weighted by molar-refractivity contribution is 7.10. The summed E-state index contributed by atoms with van der Waals surface area (Å²) in [5.41, 5.74) is 0.813. The van der Waals surface area contributed by atoms with E-state index in [1.807, 2.05) is 38.3 Å². The Morgan fingerprint density at radius 3 is 2.22 bits per heavy atom. The summed E-state index contributed by atoms with van der Waals surface area (Å²) < 4.78 is 13.3. The summed E-state index contributed by atoms with van der Waals surface area (Å²) >= 11 is 1.53. The van der Waals surface area contributed by atoms with Gasteiger partial charge in [0.05, 0.1) is 19.1 Å². The number of carbonyl (C=O) groups is 2. The third-order valence-corrected chi connectivity index (χ3v) is 4.90. The number of thiophene rings is 1. The maximum atomic E-state index is 13.3. The molecular formula is C20H26FN3O2S. The van der Waals surface area contributed by atoms with E-state index in [1.54, 1.807) is 17.0 Å². The second-order valence-electron chi connectivity index (χ2n) is 6.59. The molecule has 0 saturated carbocycles. The number of benzene rings is 1. The minimum Gasteiger partial charge on any atom is -0.353 e. The normalized spacial score (nSPS) is 12.2. The van der Waals surface area contributed by atoms with Gasteiger partial charge < -0.3 is 10.6 Å². The molecule has 1 aromatic heterocycles. The van der Waals surface area contributed by atoms with E-state index in [4.69, 9.17) is 0 Å². The molecule has 0 saturated heterocycles. The standard InChI is InChI=1S/C20H26FN3O2S/c1-4-24(12-18(25)22-14(2)3)13-19(26)23-20(17-6-5-11-27-17)15-7-9-16(21)10-8-15/h5-11,14,20H,4,12-13H2,1-3H3,(H,22,25)(H,23,26)/t20-/m1/s1. The first-order valence-electron chi connectivity index (χ1n) is 8.99. The summed E-state index contributed by atoms with van der Waals surface area (Å²) in [7, 11) is 0. The molecule has 2 amide bonds. The Hall–Kier alpha value is -2.25. The van der Waals surface area contributed by atoms with Crippen molar-refractivity contribution < 1.29 is 14.0 Å². The molecule has 0 spiro atoms. The number of hydrogen-bond acceptors (Lipinski definition) is 4. The van der Waals surface area contributed by atoms with E-state index in [1.165, 1.54) is 23.5 Å². The molecule has 0 bridgehead atoms. The van der Waals surface area contributed by atoms with E-state index in [0.717, 1.165) is 10.4 Å². The largest absolute Gasteiger partial charge is 0.353 e. The number of hydrogen-bond donors (Lipinski definition) is 2. The van der Waals surface area contributed by atoms with Gasteiger partial charge in [-0.3, -0.25) is 14.5 Å². The van der Waals surface area contributed by atoms with Crippen molar-refractivity contribution in [1.29, 1.82) is 0 Å². The van der Waals surface area contributed by atoms with Gasteiger partial charge in [0.1, 0.15) is 5.82 Å². The molecule has 146 valence electrons. The Morgan fingerprint density at radius 2 is 1.70 bits per heavy atom. The SMILES string of the molecule is CCN(CC(=O)NC(C)C)CC(=O)N[C@H](c1ccc(F)cc1)c1cccs1. The number of carbonyl (C=O) groups excluding carboxylic acids is 2. The average Bonchev–Trinajstić information content (AvgIpc) is 3.13. The summed E-state index contributed by atoms with van der Waals surface area (Å²) in [5.74, 6) is -0.603. The molecule has 2 aromatic rings. The maximum absolute atomic E-state index is 13.3. The number of nitrogens with zero attached hydrogens (tertiary/aromatic N) is 1. The van der Waals surface area contributed by atoms with Gasteiger partial charge in [-0.1, -0.05) is 25.1 Å². The van der Waals surface area contributed by atoms with E-state index < -0.39 is 0 Å². The van der Waals surface area contributed by atoms with Gasteiger partial charge in [-0.05, 0) is 49.5 Å². The van der Waals surface area contributed by atoms with E-state index in [2.05, 4.69) is 10.6 Å². The second kappa shape index (κ2) is 10.2. The fourth-order valence-corrected chi connectivity index (χ4v) is 3.49. The van der Waals surface area contributed by atoms with Crippen LogP contribution in [0.3, 0.4) is 0 Å². The van der Waals surface area contributed by atoms with Gasteiger partial charge in [0, 0.05) is 10.9 Å². The summed E-state index contributed by atoms with van der Waals surface area (Å²) in [6.07, 6.45) is 0. The van der Waals surface area contributed by atoms with Crippen LogP contribution in [0.25, 0.3) is 0 Å². The first-order valence-corrected chi connectivity index (χ1v) is 9.87. The Labute approximate surface area is 163 Å². The predicted octanol–water partition coefficient (Wildman–Crippen LogP) is 2.94. The summed E-state index contributed by atoms with van der Waals surface area (Å²) in [6, 6.07) is 9.69. The van der Waals surface area contributed by atoms with Gasteiger partial charge in [0.25, 0.3) is 0 Å². The highest BCUT2D eigenvalue weighted by Crippen LogP contribution is 2.26. The van der Waals surface area contributed by atoms with Crippen molar-refractivity contribution in [3.05, 3.63) is 58.0 Å². The molecule has 1 atom stereocenters. The Balaban J connectivity index is 2.04.